The molecule has 0 saturated carbocycles. The second kappa shape index (κ2) is 7.61. The summed E-state index contributed by atoms with van der Waals surface area (Å²) in [6, 6.07) is 19.8. The van der Waals surface area contributed by atoms with E-state index in [1.807, 2.05) is 24.3 Å². The first kappa shape index (κ1) is 18.5. The minimum absolute atomic E-state index is 0.109. The number of hydrogen-bond donors (Lipinski definition) is 0. The van der Waals surface area contributed by atoms with E-state index in [1.54, 1.807) is 23.5 Å². The summed E-state index contributed by atoms with van der Waals surface area (Å²) in [6.45, 7) is 4.56. The second-order valence-electron chi connectivity index (χ2n) is 7.56. The fraction of sp³-hybridized carbons (Fsp3) is 0.160. The zero-order valence-electron chi connectivity index (χ0n) is 16.0. The van der Waals surface area contributed by atoms with Crippen LogP contribution in [0.5, 0.6) is 0 Å². The van der Waals surface area contributed by atoms with Crippen molar-refractivity contribution in [3.05, 3.63) is 106 Å². The Hall–Kier alpha value is -2.91. The molecule has 0 bridgehead atoms. The van der Waals surface area contributed by atoms with E-state index in [4.69, 9.17) is 4.74 Å². The normalized spacial score (nSPS) is 15.1. The van der Waals surface area contributed by atoms with Crippen molar-refractivity contribution in [2.45, 2.75) is 25.7 Å². The molecule has 0 saturated heterocycles. The van der Waals surface area contributed by atoms with Gasteiger partial charge in [0, 0.05) is 4.88 Å². The largest absolute Gasteiger partial charge is 0.431 e. The van der Waals surface area contributed by atoms with Crippen molar-refractivity contribution in [2.24, 2.45) is 0 Å². The number of carbonyl (C=O) groups is 1. The molecule has 1 aliphatic rings. The number of rotatable bonds is 4. The number of esters is 1. The van der Waals surface area contributed by atoms with Crippen LogP contribution in [0.4, 0.5) is 0 Å². The van der Waals surface area contributed by atoms with Crippen LogP contribution in [0.3, 0.4) is 0 Å². The Labute approximate surface area is 169 Å². The van der Waals surface area contributed by atoms with Crippen LogP contribution in [0.15, 0.2) is 78.4 Å². The second-order valence-corrected chi connectivity index (χ2v) is 8.51. The van der Waals surface area contributed by atoms with E-state index in [0.717, 1.165) is 12.0 Å². The van der Waals surface area contributed by atoms with Gasteiger partial charge in [0.2, 0.25) is 0 Å². The van der Waals surface area contributed by atoms with Gasteiger partial charge in [-0.25, -0.2) is 4.79 Å². The summed E-state index contributed by atoms with van der Waals surface area (Å²) in [5.74, 6) is -0.352. The molecule has 2 aromatic carbocycles. The lowest BCUT2D eigenvalue weighted by molar-refractivity contribution is 0.0665. The lowest BCUT2D eigenvalue weighted by Crippen LogP contribution is -2.21. The first-order valence-corrected chi connectivity index (χ1v) is 10.2. The predicted molar refractivity (Wildman–Crippen MR) is 116 cm³/mol. The maximum Gasteiger partial charge on any atom is 0.342 e. The maximum absolute atomic E-state index is 12.1. The van der Waals surface area contributed by atoms with Crippen molar-refractivity contribution < 1.29 is 9.53 Å². The average Bonchev–Trinajstić information content (AvgIpc) is 3.23. The smallest absolute Gasteiger partial charge is 0.342 e. The van der Waals surface area contributed by atoms with Crippen molar-refractivity contribution in [3.8, 4) is 0 Å². The first-order chi connectivity index (χ1) is 13.5. The molecule has 3 aromatic rings. The third-order valence-electron chi connectivity index (χ3n) is 5.11. The fourth-order valence-electron chi connectivity index (χ4n) is 3.54. The number of allylic oxidation sites excluding steroid dienone is 1. The number of hydrogen-bond acceptors (Lipinski definition) is 3. The van der Waals surface area contributed by atoms with Crippen molar-refractivity contribution in [1.29, 1.82) is 0 Å². The van der Waals surface area contributed by atoms with Crippen LogP contribution in [0.25, 0.3) is 11.6 Å². The van der Waals surface area contributed by atoms with E-state index in [9.17, 15) is 4.79 Å². The standard InChI is InChI=1S/C25H22O2S/c1-25(2)14-12-20(23-9-6-16-28-23)21-17-18(10-11-22(21)25)13-15-27-24(26)19-7-4-3-5-8-19/h3-13,15-17H,14H2,1-2H3. The molecule has 1 aromatic heterocycles. The topological polar surface area (TPSA) is 26.3 Å². The number of carbonyl (C=O) groups excluding carboxylic acids is 1. The molecular weight excluding hydrogens is 364 g/mol. The zero-order chi connectivity index (χ0) is 19.6. The number of thiophene rings is 1. The van der Waals surface area contributed by atoms with Gasteiger partial charge in [-0.1, -0.05) is 56.3 Å². The molecular formula is C25H22O2S. The van der Waals surface area contributed by atoms with E-state index in [1.165, 1.54) is 27.8 Å². The van der Waals surface area contributed by atoms with Crippen molar-refractivity contribution in [1.82, 2.24) is 0 Å². The summed E-state index contributed by atoms with van der Waals surface area (Å²) in [5.41, 5.74) is 5.58. The summed E-state index contributed by atoms with van der Waals surface area (Å²) < 4.78 is 5.28. The van der Waals surface area contributed by atoms with Gasteiger partial charge in [0.25, 0.3) is 0 Å². The molecule has 0 unspecified atom stereocenters. The highest BCUT2D eigenvalue weighted by molar-refractivity contribution is 7.11. The fourth-order valence-corrected chi connectivity index (χ4v) is 4.32. The first-order valence-electron chi connectivity index (χ1n) is 9.36. The Morgan fingerprint density at radius 2 is 1.89 bits per heavy atom. The van der Waals surface area contributed by atoms with Gasteiger partial charge in [0.05, 0.1) is 11.8 Å². The van der Waals surface area contributed by atoms with Crippen LogP contribution in [0.1, 0.15) is 52.2 Å². The Morgan fingerprint density at radius 1 is 1.07 bits per heavy atom. The van der Waals surface area contributed by atoms with E-state index in [2.05, 4.69) is 55.6 Å². The lowest BCUT2D eigenvalue weighted by Gasteiger charge is -2.32. The molecule has 3 heteroatoms. The van der Waals surface area contributed by atoms with Crippen LogP contribution in [-0.4, -0.2) is 5.97 Å². The third kappa shape index (κ3) is 3.71. The summed E-state index contributed by atoms with van der Waals surface area (Å²) in [6.07, 6.45) is 6.68. The Kier molecular flexibility index (Phi) is 5.01. The van der Waals surface area contributed by atoms with Gasteiger partial charge in [-0.05, 0) is 69.8 Å². The van der Waals surface area contributed by atoms with E-state index in [-0.39, 0.29) is 11.4 Å². The molecule has 0 radical (unpaired) electrons. The molecule has 28 heavy (non-hydrogen) atoms. The van der Waals surface area contributed by atoms with Crippen LogP contribution in [-0.2, 0) is 10.2 Å². The highest BCUT2D eigenvalue weighted by Gasteiger charge is 2.28. The van der Waals surface area contributed by atoms with Crippen LogP contribution in [0.2, 0.25) is 0 Å². The summed E-state index contributed by atoms with van der Waals surface area (Å²) >= 11 is 1.76. The van der Waals surface area contributed by atoms with Gasteiger partial charge in [0.1, 0.15) is 0 Å². The molecule has 0 fully saturated rings. The maximum atomic E-state index is 12.1. The lowest BCUT2D eigenvalue weighted by atomic mass is 9.73. The molecule has 0 N–H and O–H groups in total. The minimum atomic E-state index is -0.352. The molecule has 140 valence electrons. The van der Waals surface area contributed by atoms with Gasteiger partial charge in [0.15, 0.2) is 0 Å². The van der Waals surface area contributed by atoms with Crippen molar-refractivity contribution in [2.75, 3.05) is 0 Å². The van der Waals surface area contributed by atoms with Gasteiger partial charge < -0.3 is 4.74 Å². The average molecular weight is 387 g/mol. The Morgan fingerprint density at radius 3 is 2.64 bits per heavy atom. The zero-order valence-corrected chi connectivity index (χ0v) is 16.8. The van der Waals surface area contributed by atoms with Crippen molar-refractivity contribution in [3.63, 3.8) is 0 Å². The summed E-state index contributed by atoms with van der Waals surface area (Å²) in [5, 5.41) is 2.11. The molecule has 0 amide bonds. The SMILES string of the molecule is CC1(C)CC=C(c2cccs2)c2cc(C=COC(=O)c3ccccc3)ccc21. The minimum Gasteiger partial charge on any atom is -0.431 e. The predicted octanol–water partition coefficient (Wildman–Crippen LogP) is 6.69. The number of benzene rings is 2. The highest BCUT2D eigenvalue weighted by Crippen LogP contribution is 2.42. The van der Waals surface area contributed by atoms with E-state index in [0.29, 0.717) is 5.56 Å². The Balaban J connectivity index is 1.60. The molecule has 0 spiro atoms. The molecule has 1 aliphatic carbocycles. The Bertz CT molecular complexity index is 1040. The number of fused-ring (bicyclic) bond motifs is 1. The van der Waals surface area contributed by atoms with Gasteiger partial charge in [-0.3, -0.25) is 0 Å². The van der Waals surface area contributed by atoms with Crippen LogP contribution >= 0.6 is 11.3 Å². The van der Waals surface area contributed by atoms with Crippen LogP contribution in [0, 0.1) is 0 Å². The summed E-state index contributed by atoms with van der Waals surface area (Å²) in [4.78, 5) is 13.4. The quantitative estimate of drug-likeness (QED) is 0.369. The molecule has 4 rings (SSSR count). The van der Waals surface area contributed by atoms with Crippen molar-refractivity contribution >= 4 is 29.0 Å². The number of ether oxygens (including phenoxy) is 1. The summed E-state index contributed by atoms with van der Waals surface area (Å²) in [7, 11) is 0. The monoisotopic (exact) mass is 386 g/mol. The van der Waals surface area contributed by atoms with Gasteiger partial charge in [-0.2, -0.15) is 0 Å². The highest BCUT2D eigenvalue weighted by atomic mass is 32.1. The van der Waals surface area contributed by atoms with E-state index >= 15 is 0 Å². The third-order valence-corrected chi connectivity index (χ3v) is 6.01. The van der Waals surface area contributed by atoms with Gasteiger partial charge in [-0.15, -0.1) is 11.3 Å². The van der Waals surface area contributed by atoms with Gasteiger partial charge >= 0.3 is 5.97 Å². The molecule has 0 atom stereocenters. The van der Waals surface area contributed by atoms with Crippen LogP contribution < -0.4 is 0 Å². The van der Waals surface area contributed by atoms with E-state index < -0.39 is 0 Å². The molecule has 1 heterocycles. The molecule has 2 nitrogen and oxygen atoms in total. The molecule has 0 aliphatic heterocycles.